The molecule has 1 saturated carbocycles. The Bertz CT molecular complexity index is 1110. The van der Waals surface area contributed by atoms with Gasteiger partial charge in [0, 0.05) is 24.8 Å². The van der Waals surface area contributed by atoms with Crippen LogP contribution >= 0.6 is 0 Å². The lowest BCUT2D eigenvalue weighted by molar-refractivity contribution is -0.125. The smallest absolute Gasteiger partial charge is 0.268 e. The maximum absolute atomic E-state index is 13.1. The molecule has 0 saturated heterocycles. The van der Waals surface area contributed by atoms with Crippen LogP contribution in [0.15, 0.2) is 64.8 Å². The van der Waals surface area contributed by atoms with Gasteiger partial charge in [-0.05, 0) is 30.5 Å². The quantitative estimate of drug-likeness (QED) is 0.809. The fraction of sp³-hybridized carbons (Fsp3) is 0.360. The Labute approximate surface area is 187 Å². The van der Waals surface area contributed by atoms with E-state index in [9.17, 15) is 9.59 Å². The van der Waals surface area contributed by atoms with Crippen molar-refractivity contribution in [2.24, 2.45) is 22.0 Å². The number of carbonyl (C=O) groups excluding carboxylic acids is 2. The van der Waals surface area contributed by atoms with Crippen LogP contribution < -0.4 is 15.0 Å². The Balaban J connectivity index is 1.33. The third-order valence-corrected chi connectivity index (χ3v) is 6.82. The van der Waals surface area contributed by atoms with E-state index >= 15 is 0 Å². The van der Waals surface area contributed by atoms with Crippen LogP contribution in [0.1, 0.15) is 31.2 Å². The van der Waals surface area contributed by atoms with Gasteiger partial charge in [0.1, 0.15) is 24.1 Å². The molecule has 0 aromatic heterocycles. The fourth-order valence-electron chi connectivity index (χ4n) is 4.76. The van der Waals surface area contributed by atoms with Gasteiger partial charge in [0.05, 0.1) is 11.4 Å². The number of nitrogens with one attached hydrogen (secondary N) is 1. The lowest BCUT2D eigenvalue weighted by Crippen LogP contribution is -2.54. The van der Waals surface area contributed by atoms with Crippen LogP contribution in [-0.2, 0) is 9.59 Å². The van der Waals surface area contributed by atoms with Crippen LogP contribution in [0.5, 0.6) is 5.75 Å². The molecule has 5 rings (SSSR count). The molecule has 4 atom stereocenters. The van der Waals surface area contributed by atoms with Crippen molar-refractivity contribution in [2.75, 3.05) is 18.6 Å². The highest BCUT2D eigenvalue weighted by atomic mass is 16.5. The minimum absolute atomic E-state index is 0.0467. The van der Waals surface area contributed by atoms with Crippen molar-refractivity contribution in [3.63, 3.8) is 0 Å². The van der Waals surface area contributed by atoms with Crippen LogP contribution in [0.4, 0.5) is 5.69 Å². The molecule has 7 nitrogen and oxygen atoms in total. The summed E-state index contributed by atoms with van der Waals surface area (Å²) in [5.41, 5.74) is 3.34. The number of fused-ring (bicyclic) bond motifs is 2. The molecular weight excluding hydrogens is 404 g/mol. The summed E-state index contributed by atoms with van der Waals surface area (Å²) in [5, 5.41) is 11.7. The van der Waals surface area contributed by atoms with Crippen LogP contribution in [0, 0.1) is 11.8 Å². The third-order valence-electron chi connectivity index (χ3n) is 6.82. The molecular formula is C25H26N4O3. The second-order valence-electron chi connectivity index (χ2n) is 8.63. The first-order valence-electron chi connectivity index (χ1n) is 11.0. The van der Waals surface area contributed by atoms with E-state index in [2.05, 4.69) is 34.6 Å². The highest BCUT2D eigenvalue weighted by molar-refractivity contribution is 6.41. The molecule has 0 bridgehead atoms. The molecule has 2 heterocycles. The average molecular weight is 431 g/mol. The van der Waals surface area contributed by atoms with Gasteiger partial charge >= 0.3 is 0 Å². The summed E-state index contributed by atoms with van der Waals surface area (Å²) in [6.07, 6.45) is 1.90. The maximum Gasteiger partial charge on any atom is 0.268 e. The molecule has 2 unspecified atom stereocenters. The molecule has 7 heteroatoms. The lowest BCUT2D eigenvalue weighted by atomic mass is 9.65. The first-order valence-corrected chi connectivity index (χ1v) is 11.0. The van der Waals surface area contributed by atoms with Crippen molar-refractivity contribution >= 4 is 28.9 Å². The summed E-state index contributed by atoms with van der Waals surface area (Å²) in [4.78, 5) is 27.6. The van der Waals surface area contributed by atoms with E-state index in [1.165, 1.54) is 10.5 Å². The van der Waals surface area contributed by atoms with Crippen LogP contribution in [-0.4, -0.2) is 42.9 Å². The van der Waals surface area contributed by atoms with Crippen LogP contribution in [0.25, 0.3) is 0 Å². The normalized spacial score (nSPS) is 25.1. The molecule has 2 amide bonds. The van der Waals surface area contributed by atoms with E-state index in [-0.39, 0.29) is 36.2 Å². The van der Waals surface area contributed by atoms with Crippen LogP contribution in [0.2, 0.25) is 0 Å². The van der Waals surface area contributed by atoms with E-state index in [1.807, 2.05) is 42.5 Å². The van der Waals surface area contributed by atoms with Crippen molar-refractivity contribution in [3.05, 3.63) is 60.2 Å². The zero-order valence-corrected chi connectivity index (χ0v) is 18.2. The number of likely N-dealkylation sites (N-methyl/N-ethyl adjacent to an activating group) is 1. The van der Waals surface area contributed by atoms with Crippen molar-refractivity contribution in [1.29, 1.82) is 0 Å². The zero-order valence-electron chi connectivity index (χ0n) is 18.2. The van der Waals surface area contributed by atoms with E-state index in [1.54, 1.807) is 7.05 Å². The van der Waals surface area contributed by atoms with E-state index < -0.39 is 6.04 Å². The van der Waals surface area contributed by atoms with Gasteiger partial charge in [-0.3, -0.25) is 9.59 Å². The Morgan fingerprint density at radius 1 is 1.06 bits per heavy atom. The zero-order chi connectivity index (χ0) is 22.2. The Morgan fingerprint density at radius 3 is 2.53 bits per heavy atom. The predicted molar refractivity (Wildman–Crippen MR) is 123 cm³/mol. The highest BCUT2D eigenvalue weighted by Gasteiger charge is 2.45. The second kappa shape index (κ2) is 8.22. The number of ether oxygens (including phenoxy) is 1. The molecule has 3 aliphatic rings. The number of rotatable bonds is 4. The first kappa shape index (κ1) is 20.4. The number of para-hydroxylation sites is 2. The molecule has 0 spiro atoms. The number of anilines is 1. The minimum atomic E-state index is -0.783. The minimum Gasteiger partial charge on any atom is -0.489 e. The molecule has 2 aliphatic heterocycles. The Hall–Kier alpha value is -3.48. The average Bonchev–Trinajstić information content (AvgIpc) is 2.91. The summed E-state index contributed by atoms with van der Waals surface area (Å²) >= 11 is 0. The number of carbonyl (C=O) groups is 2. The van der Waals surface area contributed by atoms with Gasteiger partial charge in [-0.1, -0.05) is 49.4 Å². The second-order valence-corrected chi connectivity index (χ2v) is 8.63. The molecule has 1 aliphatic carbocycles. The molecule has 1 fully saturated rings. The van der Waals surface area contributed by atoms with Gasteiger partial charge in [0.25, 0.3) is 11.8 Å². The highest BCUT2D eigenvalue weighted by Crippen LogP contribution is 2.42. The molecule has 2 aromatic carbocycles. The summed E-state index contributed by atoms with van der Waals surface area (Å²) in [7, 11) is 1.69. The summed E-state index contributed by atoms with van der Waals surface area (Å²) < 4.78 is 5.80. The van der Waals surface area contributed by atoms with Crippen molar-refractivity contribution in [2.45, 2.75) is 31.7 Å². The molecule has 0 radical (unpaired) electrons. The molecule has 2 aromatic rings. The van der Waals surface area contributed by atoms with Crippen molar-refractivity contribution in [1.82, 2.24) is 5.32 Å². The molecule has 164 valence electrons. The SMILES string of the molecule is C[C@@H](C1=NN=C(C(=O)N[C@H]2COc3ccccc3N(C)C2=O)C2CCC12)c1ccccc1. The summed E-state index contributed by atoms with van der Waals surface area (Å²) in [6, 6.07) is 16.8. The number of hydrogen-bond acceptors (Lipinski definition) is 5. The lowest BCUT2D eigenvalue weighted by Gasteiger charge is -2.41. The van der Waals surface area contributed by atoms with Gasteiger partial charge in [-0.25, -0.2) is 0 Å². The Morgan fingerprint density at radius 2 is 1.78 bits per heavy atom. The number of benzene rings is 2. The number of amides is 2. The first-order chi connectivity index (χ1) is 15.5. The van der Waals surface area contributed by atoms with Crippen LogP contribution in [0.3, 0.4) is 0 Å². The van der Waals surface area contributed by atoms with Crippen molar-refractivity contribution in [3.8, 4) is 5.75 Å². The molecule has 1 N–H and O–H groups in total. The largest absolute Gasteiger partial charge is 0.489 e. The topological polar surface area (TPSA) is 83.4 Å². The third kappa shape index (κ3) is 3.47. The van der Waals surface area contributed by atoms with Gasteiger partial charge < -0.3 is 15.0 Å². The van der Waals surface area contributed by atoms with E-state index in [4.69, 9.17) is 4.74 Å². The summed E-state index contributed by atoms with van der Waals surface area (Å²) in [5.74, 6) is 0.490. The van der Waals surface area contributed by atoms with Gasteiger partial charge in [-0.15, -0.1) is 5.10 Å². The fourth-order valence-corrected chi connectivity index (χ4v) is 4.76. The summed E-state index contributed by atoms with van der Waals surface area (Å²) in [6.45, 7) is 2.21. The molecule has 32 heavy (non-hydrogen) atoms. The predicted octanol–water partition coefficient (Wildman–Crippen LogP) is 3.17. The van der Waals surface area contributed by atoms with Gasteiger partial charge in [-0.2, -0.15) is 5.10 Å². The van der Waals surface area contributed by atoms with E-state index in [0.717, 1.165) is 18.6 Å². The maximum atomic E-state index is 13.1. The number of nitrogens with zero attached hydrogens (tertiary/aromatic N) is 3. The van der Waals surface area contributed by atoms with Crippen molar-refractivity contribution < 1.29 is 14.3 Å². The number of hydrogen-bond donors (Lipinski definition) is 1. The van der Waals surface area contributed by atoms with E-state index in [0.29, 0.717) is 17.1 Å². The Kier molecular flexibility index (Phi) is 5.25. The standard InChI is InChI=1S/C25H26N4O3/c1-15(16-8-4-3-5-9-16)22-17-12-13-18(17)23(28-27-22)24(30)26-19-14-32-21-11-7-6-10-20(21)29(2)25(19)31/h3-11,15,17-19H,12-14H2,1-2H3,(H,26,30)/t15-,17?,18?,19+/m1/s1. The van der Waals surface area contributed by atoms with Gasteiger partial charge in [0.2, 0.25) is 0 Å². The monoisotopic (exact) mass is 430 g/mol. The van der Waals surface area contributed by atoms with Gasteiger partial charge in [0.15, 0.2) is 0 Å².